The molecule has 0 spiro atoms. The van der Waals surface area contributed by atoms with Gasteiger partial charge < -0.3 is 0 Å². The molecule has 1 aromatic carbocycles. The number of rotatable bonds is 2. The van der Waals surface area contributed by atoms with Gasteiger partial charge in [-0.1, -0.05) is 29.7 Å². The Morgan fingerprint density at radius 3 is 2.82 bits per heavy atom. The summed E-state index contributed by atoms with van der Waals surface area (Å²) in [6.07, 6.45) is 0.243. The molecule has 0 aliphatic rings. The van der Waals surface area contributed by atoms with Crippen molar-refractivity contribution in [2.45, 2.75) is 6.42 Å². The van der Waals surface area contributed by atoms with Crippen molar-refractivity contribution in [2.75, 3.05) is 0 Å². The first-order valence-corrected chi connectivity index (χ1v) is 3.59. The van der Waals surface area contributed by atoms with E-state index in [-0.39, 0.29) is 11.7 Å². The molecular formula is C8H6BClO. The van der Waals surface area contributed by atoms with Crippen molar-refractivity contribution < 1.29 is 4.79 Å². The monoisotopic (exact) mass is 164 g/mol. The first-order valence-electron chi connectivity index (χ1n) is 3.21. The summed E-state index contributed by atoms with van der Waals surface area (Å²) in [4.78, 5) is 10.4. The number of hydrogen-bond acceptors (Lipinski definition) is 1. The van der Waals surface area contributed by atoms with Gasteiger partial charge in [-0.2, -0.15) is 0 Å². The van der Waals surface area contributed by atoms with Crippen LogP contribution in [0.2, 0.25) is 0 Å². The average Bonchev–Trinajstić information content (AvgIpc) is 1.85. The van der Waals surface area contributed by atoms with Crippen LogP contribution in [0, 0.1) is 0 Å². The van der Waals surface area contributed by atoms with E-state index in [0.717, 1.165) is 5.56 Å². The molecule has 0 unspecified atom stereocenters. The lowest BCUT2D eigenvalue weighted by atomic mass is 9.94. The summed E-state index contributed by atoms with van der Waals surface area (Å²) < 4.78 is 0. The van der Waals surface area contributed by atoms with Crippen molar-refractivity contribution in [1.82, 2.24) is 0 Å². The molecule has 0 aliphatic carbocycles. The zero-order valence-corrected chi connectivity index (χ0v) is 6.64. The van der Waals surface area contributed by atoms with Gasteiger partial charge >= 0.3 is 0 Å². The van der Waals surface area contributed by atoms with Crippen LogP contribution in [0.3, 0.4) is 0 Å². The molecule has 11 heavy (non-hydrogen) atoms. The Bertz CT molecular complexity index is 273. The predicted octanol–water partition coefficient (Wildman–Crippen LogP) is 0.788. The Labute approximate surface area is 71.8 Å². The fraction of sp³-hybridized carbons (Fsp3) is 0.125. The molecule has 0 aromatic heterocycles. The molecule has 0 N–H and O–H groups in total. The number of halogens is 1. The van der Waals surface area contributed by atoms with Crippen LogP contribution in [0.4, 0.5) is 0 Å². The van der Waals surface area contributed by atoms with Gasteiger partial charge in [-0.3, -0.25) is 4.79 Å². The number of hydrogen-bond donors (Lipinski definition) is 0. The summed E-state index contributed by atoms with van der Waals surface area (Å²) in [5.74, 6) is 0. The van der Waals surface area contributed by atoms with E-state index < -0.39 is 0 Å². The van der Waals surface area contributed by atoms with Gasteiger partial charge in [0, 0.05) is 6.42 Å². The minimum absolute atomic E-state index is 0.243. The molecule has 0 saturated heterocycles. The van der Waals surface area contributed by atoms with Crippen LogP contribution < -0.4 is 5.46 Å². The van der Waals surface area contributed by atoms with E-state index in [2.05, 4.69) is 0 Å². The highest BCUT2D eigenvalue weighted by molar-refractivity contribution is 6.63. The van der Waals surface area contributed by atoms with Crippen LogP contribution in [0.25, 0.3) is 0 Å². The van der Waals surface area contributed by atoms with E-state index >= 15 is 0 Å². The third-order valence-corrected chi connectivity index (χ3v) is 1.43. The zero-order valence-electron chi connectivity index (χ0n) is 5.88. The van der Waals surface area contributed by atoms with Gasteiger partial charge in [-0.05, 0) is 17.2 Å². The number of carbonyl (C=O) groups excluding carboxylic acids is 1. The molecule has 0 aliphatic heterocycles. The van der Waals surface area contributed by atoms with Crippen molar-refractivity contribution in [3.8, 4) is 0 Å². The largest absolute Gasteiger partial charge is 0.281 e. The van der Waals surface area contributed by atoms with Crippen LogP contribution in [0.1, 0.15) is 5.56 Å². The quantitative estimate of drug-likeness (QED) is 0.466. The number of benzene rings is 1. The zero-order chi connectivity index (χ0) is 8.27. The summed E-state index contributed by atoms with van der Waals surface area (Å²) in [5, 5.41) is -0.365. The van der Waals surface area contributed by atoms with E-state index in [4.69, 9.17) is 19.4 Å². The van der Waals surface area contributed by atoms with Crippen molar-refractivity contribution >= 4 is 30.2 Å². The topological polar surface area (TPSA) is 17.1 Å². The summed E-state index contributed by atoms with van der Waals surface area (Å²) in [5.41, 5.74) is 1.51. The van der Waals surface area contributed by atoms with Gasteiger partial charge in [0.1, 0.15) is 7.85 Å². The van der Waals surface area contributed by atoms with E-state index in [1.807, 2.05) is 6.07 Å². The lowest BCUT2D eigenvalue weighted by molar-refractivity contribution is -0.111. The van der Waals surface area contributed by atoms with Gasteiger partial charge in [0.05, 0.1) is 0 Å². The van der Waals surface area contributed by atoms with Crippen LogP contribution in [0.5, 0.6) is 0 Å². The molecule has 54 valence electrons. The molecule has 1 rings (SSSR count). The Balaban J connectivity index is 2.79. The molecule has 0 amide bonds. The van der Waals surface area contributed by atoms with E-state index in [1.165, 1.54) is 0 Å². The van der Waals surface area contributed by atoms with E-state index in [9.17, 15) is 4.79 Å². The summed E-state index contributed by atoms with van der Waals surface area (Å²) >= 11 is 5.18. The molecular weight excluding hydrogens is 158 g/mol. The van der Waals surface area contributed by atoms with Crippen LogP contribution in [-0.4, -0.2) is 13.1 Å². The molecule has 0 bridgehead atoms. The van der Waals surface area contributed by atoms with Gasteiger partial charge in [-0.15, -0.1) is 0 Å². The second kappa shape index (κ2) is 3.58. The molecule has 2 radical (unpaired) electrons. The predicted molar refractivity (Wildman–Crippen MR) is 46.4 cm³/mol. The maximum absolute atomic E-state index is 10.4. The molecule has 1 aromatic rings. The van der Waals surface area contributed by atoms with E-state index in [1.54, 1.807) is 18.2 Å². The van der Waals surface area contributed by atoms with Gasteiger partial charge in [0.25, 0.3) is 0 Å². The van der Waals surface area contributed by atoms with Crippen LogP contribution >= 0.6 is 11.6 Å². The third kappa shape index (κ3) is 2.77. The molecule has 3 heteroatoms. The Hall–Kier alpha value is -0.755. The highest BCUT2D eigenvalue weighted by atomic mass is 35.5. The Morgan fingerprint density at radius 1 is 1.55 bits per heavy atom. The summed E-state index contributed by atoms with van der Waals surface area (Å²) in [7, 11) is 5.48. The number of carbonyl (C=O) groups is 1. The smallest absolute Gasteiger partial charge is 0.226 e. The van der Waals surface area contributed by atoms with Gasteiger partial charge in [0.15, 0.2) is 0 Å². The SMILES string of the molecule is [B]c1cccc(CC(=O)Cl)c1. The minimum atomic E-state index is -0.365. The van der Waals surface area contributed by atoms with Crippen LogP contribution in [-0.2, 0) is 11.2 Å². The van der Waals surface area contributed by atoms with Crippen molar-refractivity contribution in [3.05, 3.63) is 29.8 Å². The summed E-state index contributed by atoms with van der Waals surface area (Å²) in [6.45, 7) is 0. The Morgan fingerprint density at radius 2 is 2.27 bits per heavy atom. The van der Waals surface area contributed by atoms with Gasteiger partial charge in [-0.25, -0.2) is 0 Å². The van der Waals surface area contributed by atoms with Crippen LogP contribution in [0.15, 0.2) is 24.3 Å². The molecule has 0 atom stereocenters. The Kier molecular flexibility index (Phi) is 2.72. The highest BCUT2D eigenvalue weighted by Crippen LogP contribution is 1.99. The maximum Gasteiger partial charge on any atom is 0.226 e. The first-order chi connectivity index (χ1) is 5.18. The lowest BCUT2D eigenvalue weighted by Crippen LogP contribution is -2.03. The second-order valence-electron chi connectivity index (χ2n) is 2.28. The molecule has 0 fully saturated rings. The van der Waals surface area contributed by atoms with Crippen molar-refractivity contribution in [2.24, 2.45) is 0 Å². The first kappa shape index (κ1) is 8.34. The second-order valence-corrected chi connectivity index (χ2v) is 2.70. The maximum atomic E-state index is 10.4. The lowest BCUT2D eigenvalue weighted by Gasteiger charge is -1.97. The molecule has 0 saturated carbocycles. The molecule has 1 nitrogen and oxygen atoms in total. The molecule has 0 heterocycles. The summed E-state index contributed by atoms with van der Waals surface area (Å²) in [6, 6.07) is 7.11. The minimum Gasteiger partial charge on any atom is -0.281 e. The van der Waals surface area contributed by atoms with Crippen molar-refractivity contribution in [1.29, 1.82) is 0 Å². The average molecular weight is 164 g/mol. The van der Waals surface area contributed by atoms with Gasteiger partial charge in [0.2, 0.25) is 5.24 Å². The third-order valence-electron chi connectivity index (χ3n) is 1.29. The standard InChI is InChI=1S/C8H6BClO/c9-7-3-1-2-6(4-7)5-8(10)11/h1-4H,5H2. The van der Waals surface area contributed by atoms with Crippen molar-refractivity contribution in [3.63, 3.8) is 0 Å². The fourth-order valence-corrected chi connectivity index (χ4v) is 1.02. The van der Waals surface area contributed by atoms with E-state index in [0.29, 0.717) is 5.46 Å². The highest BCUT2D eigenvalue weighted by Gasteiger charge is 1.97. The normalized spacial score (nSPS) is 9.55. The fourth-order valence-electron chi connectivity index (χ4n) is 0.864.